The standard InChI is InChI=1S/C22H18F2N4O2/c23-20-13(2-1-7-27-20)12-5-6-18-14(8-12)16(10-29-22(25)26)15-9-17(11-3-4-11)28-21(24)19(15)30-18/h1-2,5-9,11,16H,3-4,10H2,(H3,25,26)/t16-/m1/s1. The summed E-state index contributed by atoms with van der Waals surface area (Å²) in [6.07, 6.45) is 3.33. The predicted molar refractivity (Wildman–Crippen MR) is 106 cm³/mol. The van der Waals surface area contributed by atoms with E-state index in [0.29, 0.717) is 33.7 Å². The van der Waals surface area contributed by atoms with Gasteiger partial charge >= 0.3 is 0 Å². The third-order valence-corrected chi connectivity index (χ3v) is 5.42. The Balaban J connectivity index is 1.64. The number of nitrogens with two attached hydrogens (primary N) is 1. The van der Waals surface area contributed by atoms with Crippen LogP contribution in [0.4, 0.5) is 8.78 Å². The van der Waals surface area contributed by atoms with E-state index in [1.807, 2.05) is 6.07 Å². The number of hydrogen-bond acceptors (Lipinski definition) is 5. The summed E-state index contributed by atoms with van der Waals surface area (Å²) >= 11 is 0. The van der Waals surface area contributed by atoms with Crippen LogP contribution in [0.3, 0.4) is 0 Å². The average Bonchev–Trinajstić information content (AvgIpc) is 3.57. The molecule has 1 aliphatic carbocycles. The number of fused-ring (bicyclic) bond motifs is 2. The van der Waals surface area contributed by atoms with Crippen molar-refractivity contribution in [1.82, 2.24) is 9.97 Å². The van der Waals surface area contributed by atoms with E-state index >= 15 is 0 Å². The van der Waals surface area contributed by atoms with Crippen LogP contribution < -0.4 is 10.5 Å². The summed E-state index contributed by atoms with van der Waals surface area (Å²) in [5.74, 6) is -0.997. The molecule has 6 nitrogen and oxygen atoms in total. The van der Waals surface area contributed by atoms with E-state index in [-0.39, 0.29) is 18.3 Å². The first kappa shape index (κ1) is 18.5. The van der Waals surface area contributed by atoms with Crippen molar-refractivity contribution in [2.45, 2.75) is 24.7 Å². The topological polar surface area (TPSA) is 94.1 Å². The molecule has 0 amide bonds. The van der Waals surface area contributed by atoms with E-state index in [1.165, 1.54) is 6.20 Å². The van der Waals surface area contributed by atoms with Gasteiger partial charge in [-0.25, -0.2) is 9.97 Å². The summed E-state index contributed by atoms with van der Waals surface area (Å²) < 4.78 is 40.1. The van der Waals surface area contributed by atoms with Gasteiger partial charge in [0.1, 0.15) is 12.4 Å². The Bertz CT molecular complexity index is 1160. The molecule has 30 heavy (non-hydrogen) atoms. The molecule has 1 aliphatic heterocycles. The first-order valence-corrected chi connectivity index (χ1v) is 9.61. The zero-order chi connectivity index (χ0) is 20.8. The van der Waals surface area contributed by atoms with Gasteiger partial charge in [-0.3, -0.25) is 5.41 Å². The summed E-state index contributed by atoms with van der Waals surface area (Å²) in [5.41, 5.74) is 8.30. The normalized spacial score (nSPS) is 16.9. The number of hydrogen-bond donors (Lipinski definition) is 2. The molecule has 2 aromatic heterocycles. The summed E-state index contributed by atoms with van der Waals surface area (Å²) in [6.45, 7) is 0.0191. The van der Waals surface area contributed by atoms with Crippen LogP contribution in [0.2, 0.25) is 0 Å². The molecule has 2 aliphatic rings. The van der Waals surface area contributed by atoms with Gasteiger partial charge in [0.2, 0.25) is 5.95 Å². The van der Waals surface area contributed by atoms with Gasteiger partial charge in [-0.05, 0) is 48.7 Å². The lowest BCUT2D eigenvalue weighted by Crippen LogP contribution is -2.22. The Labute approximate surface area is 171 Å². The van der Waals surface area contributed by atoms with Crippen LogP contribution in [0.25, 0.3) is 11.1 Å². The number of aromatic nitrogens is 2. The number of rotatable bonds is 4. The number of ether oxygens (including phenoxy) is 2. The molecule has 5 rings (SSSR count). The van der Waals surface area contributed by atoms with Crippen LogP contribution in [-0.4, -0.2) is 22.6 Å². The molecule has 3 N–H and O–H groups in total. The highest BCUT2D eigenvalue weighted by atomic mass is 19.1. The number of nitrogens with one attached hydrogen (secondary N) is 1. The van der Waals surface area contributed by atoms with Crippen molar-refractivity contribution in [1.29, 1.82) is 5.41 Å². The number of amidine groups is 1. The van der Waals surface area contributed by atoms with Gasteiger partial charge < -0.3 is 15.2 Å². The Morgan fingerprint density at radius 3 is 2.73 bits per heavy atom. The molecule has 152 valence electrons. The fourth-order valence-electron chi connectivity index (χ4n) is 3.80. The molecule has 3 heterocycles. The molecule has 0 bridgehead atoms. The third-order valence-electron chi connectivity index (χ3n) is 5.42. The minimum atomic E-state index is -0.671. The molecule has 1 atom stereocenters. The summed E-state index contributed by atoms with van der Waals surface area (Å²) in [5, 5.41) is 7.43. The van der Waals surface area contributed by atoms with E-state index in [1.54, 1.807) is 30.3 Å². The highest BCUT2D eigenvalue weighted by molar-refractivity contribution is 5.69. The monoisotopic (exact) mass is 408 g/mol. The SMILES string of the molecule is N=C(N)OC[C@@H]1c2cc(-c3cccnc3F)ccc2Oc2c1cc(C1CC1)nc2F. The minimum Gasteiger partial charge on any atom is -0.465 e. The van der Waals surface area contributed by atoms with Crippen LogP contribution in [0.5, 0.6) is 11.5 Å². The van der Waals surface area contributed by atoms with Crippen LogP contribution >= 0.6 is 0 Å². The Morgan fingerprint density at radius 1 is 1.17 bits per heavy atom. The van der Waals surface area contributed by atoms with Crippen molar-refractivity contribution in [2.75, 3.05) is 6.61 Å². The number of benzene rings is 1. The molecule has 1 aromatic carbocycles. The smallest absolute Gasteiger partial charge is 0.279 e. The van der Waals surface area contributed by atoms with Crippen molar-refractivity contribution in [3.8, 4) is 22.6 Å². The second kappa shape index (κ2) is 7.05. The maximum absolute atomic E-state index is 14.8. The molecule has 0 unspecified atom stereocenters. The van der Waals surface area contributed by atoms with Gasteiger partial charge in [0, 0.05) is 34.5 Å². The van der Waals surface area contributed by atoms with E-state index in [2.05, 4.69) is 9.97 Å². The third kappa shape index (κ3) is 3.24. The van der Waals surface area contributed by atoms with Crippen molar-refractivity contribution in [2.24, 2.45) is 5.73 Å². The predicted octanol–water partition coefficient (Wildman–Crippen LogP) is 4.45. The zero-order valence-electron chi connectivity index (χ0n) is 15.9. The Hall–Kier alpha value is -3.55. The van der Waals surface area contributed by atoms with Gasteiger partial charge in [-0.15, -0.1) is 0 Å². The highest BCUT2D eigenvalue weighted by Crippen LogP contribution is 2.49. The molecular formula is C22H18F2N4O2. The largest absolute Gasteiger partial charge is 0.465 e. The maximum atomic E-state index is 14.8. The molecular weight excluding hydrogens is 390 g/mol. The van der Waals surface area contributed by atoms with Gasteiger partial charge in [-0.2, -0.15) is 8.78 Å². The van der Waals surface area contributed by atoms with E-state index in [9.17, 15) is 8.78 Å². The van der Waals surface area contributed by atoms with Crippen LogP contribution in [0.15, 0.2) is 42.6 Å². The van der Waals surface area contributed by atoms with E-state index < -0.39 is 23.8 Å². The van der Waals surface area contributed by atoms with Gasteiger partial charge in [0.25, 0.3) is 12.0 Å². The zero-order valence-corrected chi connectivity index (χ0v) is 15.9. The Kier molecular flexibility index (Phi) is 4.34. The fourth-order valence-corrected chi connectivity index (χ4v) is 3.80. The van der Waals surface area contributed by atoms with Gasteiger partial charge in [0.15, 0.2) is 5.75 Å². The van der Waals surface area contributed by atoms with Crippen LogP contribution in [0.1, 0.15) is 41.5 Å². The number of halogens is 2. The first-order valence-electron chi connectivity index (χ1n) is 9.61. The Morgan fingerprint density at radius 2 is 2.00 bits per heavy atom. The molecule has 1 fully saturated rings. The average molecular weight is 408 g/mol. The molecule has 8 heteroatoms. The molecule has 1 saturated carbocycles. The van der Waals surface area contributed by atoms with Gasteiger partial charge in [0.05, 0.1) is 5.92 Å². The van der Waals surface area contributed by atoms with Crippen molar-refractivity contribution >= 4 is 6.02 Å². The maximum Gasteiger partial charge on any atom is 0.279 e. The minimum absolute atomic E-state index is 0.0191. The summed E-state index contributed by atoms with van der Waals surface area (Å²) in [4.78, 5) is 7.78. The second-order valence-electron chi connectivity index (χ2n) is 7.45. The summed E-state index contributed by atoms with van der Waals surface area (Å²) in [6, 6.07) is 9.83. The fraction of sp³-hybridized carbons (Fsp3) is 0.227. The van der Waals surface area contributed by atoms with Crippen molar-refractivity contribution in [3.05, 3.63) is 71.3 Å². The van der Waals surface area contributed by atoms with Gasteiger partial charge in [-0.1, -0.05) is 6.07 Å². The van der Waals surface area contributed by atoms with Crippen molar-refractivity contribution in [3.63, 3.8) is 0 Å². The molecule has 3 aromatic rings. The first-order chi connectivity index (χ1) is 14.5. The van der Waals surface area contributed by atoms with E-state index in [0.717, 1.165) is 12.8 Å². The molecule has 0 spiro atoms. The number of pyridine rings is 2. The van der Waals surface area contributed by atoms with Crippen LogP contribution in [0, 0.1) is 17.3 Å². The second-order valence-corrected chi connectivity index (χ2v) is 7.45. The quantitative estimate of drug-likeness (QED) is 0.378. The van der Waals surface area contributed by atoms with Crippen LogP contribution in [-0.2, 0) is 4.74 Å². The lowest BCUT2D eigenvalue weighted by molar-refractivity contribution is 0.272. The molecule has 0 saturated heterocycles. The lowest BCUT2D eigenvalue weighted by atomic mass is 9.86. The highest BCUT2D eigenvalue weighted by Gasteiger charge is 2.35. The number of nitrogens with zero attached hydrogens (tertiary/aromatic N) is 2. The lowest BCUT2D eigenvalue weighted by Gasteiger charge is -2.29. The molecule has 0 radical (unpaired) electrons. The van der Waals surface area contributed by atoms with E-state index in [4.69, 9.17) is 20.6 Å². The van der Waals surface area contributed by atoms with Crippen molar-refractivity contribution < 1.29 is 18.3 Å². The summed E-state index contributed by atoms with van der Waals surface area (Å²) in [7, 11) is 0.